The summed E-state index contributed by atoms with van der Waals surface area (Å²) in [6.07, 6.45) is 2.67. The zero-order valence-corrected chi connectivity index (χ0v) is 14.6. The highest BCUT2D eigenvalue weighted by Gasteiger charge is 2.18. The Bertz CT molecular complexity index is 591. The van der Waals surface area contributed by atoms with E-state index in [1.807, 2.05) is 6.92 Å². The maximum absolute atomic E-state index is 5.52. The lowest BCUT2D eigenvalue weighted by Gasteiger charge is -2.25. The van der Waals surface area contributed by atoms with Gasteiger partial charge in [0.25, 0.3) is 0 Å². The first-order chi connectivity index (χ1) is 11.8. The number of ether oxygens (including phenoxy) is 1. The van der Waals surface area contributed by atoms with E-state index >= 15 is 0 Å². The second kappa shape index (κ2) is 8.86. The molecule has 1 atom stereocenters. The van der Waals surface area contributed by atoms with E-state index < -0.39 is 0 Å². The van der Waals surface area contributed by atoms with E-state index in [1.54, 1.807) is 0 Å². The molecule has 1 N–H and O–H groups in total. The molecule has 1 heterocycles. The van der Waals surface area contributed by atoms with Crippen LogP contribution in [0.2, 0.25) is 0 Å². The van der Waals surface area contributed by atoms with Gasteiger partial charge in [-0.05, 0) is 56.1 Å². The van der Waals surface area contributed by atoms with Gasteiger partial charge >= 0.3 is 0 Å². The Morgan fingerprint density at radius 1 is 1.00 bits per heavy atom. The first-order valence-corrected chi connectivity index (χ1v) is 9.07. The minimum Gasteiger partial charge on any atom is -0.494 e. The standard InChI is InChI=1S/C21H28N2O/c1-2-24-20-12-10-18(11-13-20)16-22-21(17-23-14-6-7-15-23)19-8-4-3-5-9-19/h3-5,8-13,21-22H,2,6-7,14-17H2,1H3. The van der Waals surface area contributed by atoms with Crippen molar-refractivity contribution in [3.63, 3.8) is 0 Å². The maximum Gasteiger partial charge on any atom is 0.119 e. The Morgan fingerprint density at radius 2 is 1.71 bits per heavy atom. The lowest BCUT2D eigenvalue weighted by molar-refractivity contribution is 0.291. The molecule has 1 aliphatic rings. The minimum absolute atomic E-state index is 0.371. The van der Waals surface area contributed by atoms with E-state index in [-0.39, 0.29) is 0 Å². The predicted octanol–water partition coefficient (Wildman–Crippen LogP) is 4.01. The fraction of sp³-hybridized carbons (Fsp3) is 0.429. The van der Waals surface area contributed by atoms with Crippen LogP contribution in [0.4, 0.5) is 0 Å². The van der Waals surface area contributed by atoms with Gasteiger partial charge in [-0.1, -0.05) is 42.5 Å². The molecule has 128 valence electrons. The van der Waals surface area contributed by atoms with Gasteiger partial charge in [0, 0.05) is 19.1 Å². The molecule has 0 bridgehead atoms. The molecule has 0 radical (unpaired) electrons. The van der Waals surface area contributed by atoms with E-state index in [2.05, 4.69) is 64.8 Å². The second-order valence-electron chi connectivity index (χ2n) is 6.43. The van der Waals surface area contributed by atoms with Gasteiger partial charge in [-0.25, -0.2) is 0 Å². The highest BCUT2D eigenvalue weighted by atomic mass is 16.5. The third-order valence-corrected chi connectivity index (χ3v) is 4.63. The summed E-state index contributed by atoms with van der Waals surface area (Å²) in [5, 5.41) is 3.75. The van der Waals surface area contributed by atoms with Crippen molar-refractivity contribution < 1.29 is 4.74 Å². The largest absolute Gasteiger partial charge is 0.494 e. The SMILES string of the molecule is CCOc1ccc(CNC(CN2CCCC2)c2ccccc2)cc1. The summed E-state index contributed by atoms with van der Waals surface area (Å²) >= 11 is 0. The van der Waals surface area contributed by atoms with Crippen molar-refractivity contribution in [2.45, 2.75) is 32.4 Å². The number of nitrogens with zero attached hydrogens (tertiary/aromatic N) is 1. The van der Waals surface area contributed by atoms with Crippen LogP contribution < -0.4 is 10.1 Å². The molecule has 1 fully saturated rings. The monoisotopic (exact) mass is 324 g/mol. The molecule has 2 aromatic carbocycles. The molecular weight excluding hydrogens is 296 g/mol. The molecule has 0 spiro atoms. The molecule has 1 aliphatic heterocycles. The highest BCUT2D eigenvalue weighted by molar-refractivity contribution is 5.27. The van der Waals surface area contributed by atoms with Gasteiger partial charge in [0.1, 0.15) is 5.75 Å². The summed E-state index contributed by atoms with van der Waals surface area (Å²) in [5.41, 5.74) is 2.66. The number of hydrogen-bond donors (Lipinski definition) is 1. The fourth-order valence-electron chi connectivity index (χ4n) is 3.31. The Labute approximate surface area is 145 Å². The molecule has 3 heteroatoms. The molecule has 1 saturated heterocycles. The fourth-order valence-corrected chi connectivity index (χ4v) is 3.31. The molecule has 0 amide bonds. The van der Waals surface area contributed by atoms with Crippen molar-refractivity contribution in [3.05, 3.63) is 65.7 Å². The van der Waals surface area contributed by atoms with Gasteiger partial charge in [0.2, 0.25) is 0 Å². The van der Waals surface area contributed by atoms with Gasteiger partial charge in [0.15, 0.2) is 0 Å². The minimum atomic E-state index is 0.371. The van der Waals surface area contributed by atoms with Crippen molar-refractivity contribution >= 4 is 0 Å². The van der Waals surface area contributed by atoms with Gasteiger partial charge in [0.05, 0.1) is 6.61 Å². The van der Waals surface area contributed by atoms with Crippen LogP contribution in [0.3, 0.4) is 0 Å². The average Bonchev–Trinajstić information content (AvgIpc) is 3.14. The summed E-state index contributed by atoms with van der Waals surface area (Å²) in [7, 11) is 0. The van der Waals surface area contributed by atoms with Crippen LogP contribution in [-0.4, -0.2) is 31.1 Å². The van der Waals surface area contributed by atoms with Crippen molar-refractivity contribution in [2.75, 3.05) is 26.2 Å². The second-order valence-corrected chi connectivity index (χ2v) is 6.43. The summed E-state index contributed by atoms with van der Waals surface area (Å²) in [6, 6.07) is 19.6. The summed E-state index contributed by atoms with van der Waals surface area (Å²) in [4.78, 5) is 2.57. The van der Waals surface area contributed by atoms with E-state index in [0.29, 0.717) is 12.6 Å². The average molecular weight is 324 g/mol. The Kier molecular flexibility index (Phi) is 6.27. The van der Waals surface area contributed by atoms with Crippen molar-refractivity contribution in [1.29, 1.82) is 0 Å². The van der Waals surface area contributed by atoms with Crippen molar-refractivity contribution in [1.82, 2.24) is 10.2 Å². The molecule has 3 nitrogen and oxygen atoms in total. The quantitative estimate of drug-likeness (QED) is 0.794. The lowest BCUT2D eigenvalue weighted by atomic mass is 10.1. The zero-order chi connectivity index (χ0) is 16.6. The molecule has 0 aliphatic carbocycles. The number of benzene rings is 2. The van der Waals surface area contributed by atoms with E-state index in [9.17, 15) is 0 Å². The summed E-state index contributed by atoms with van der Waals surface area (Å²) in [5.74, 6) is 0.943. The lowest BCUT2D eigenvalue weighted by Crippen LogP contribution is -2.33. The first kappa shape index (κ1) is 17.0. The van der Waals surface area contributed by atoms with Gasteiger partial charge in [-0.2, -0.15) is 0 Å². The Balaban J connectivity index is 1.62. The highest BCUT2D eigenvalue weighted by Crippen LogP contribution is 2.19. The summed E-state index contributed by atoms with van der Waals surface area (Å²) in [6.45, 7) is 7.14. The number of nitrogens with one attached hydrogen (secondary N) is 1. The molecule has 0 saturated carbocycles. The number of likely N-dealkylation sites (tertiary alicyclic amines) is 1. The van der Waals surface area contributed by atoms with E-state index in [1.165, 1.54) is 37.1 Å². The molecule has 24 heavy (non-hydrogen) atoms. The molecule has 3 rings (SSSR count). The van der Waals surface area contributed by atoms with Gasteiger partial charge in [-0.3, -0.25) is 0 Å². The van der Waals surface area contributed by atoms with Gasteiger partial charge in [-0.15, -0.1) is 0 Å². The van der Waals surface area contributed by atoms with Crippen LogP contribution in [0, 0.1) is 0 Å². The van der Waals surface area contributed by atoms with Crippen LogP contribution in [0.25, 0.3) is 0 Å². The maximum atomic E-state index is 5.52. The van der Waals surface area contributed by atoms with Crippen LogP contribution in [-0.2, 0) is 6.54 Å². The Hall–Kier alpha value is -1.84. The molecular formula is C21H28N2O. The van der Waals surface area contributed by atoms with Gasteiger partial charge < -0.3 is 15.0 Å². The van der Waals surface area contributed by atoms with Crippen molar-refractivity contribution in [2.24, 2.45) is 0 Å². The number of rotatable bonds is 8. The molecule has 2 aromatic rings. The van der Waals surface area contributed by atoms with Crippen molar-refractivity contribution in [3.8, 4) is 5.75 Å². The Morgan fingerprint density at radius 3 is 2.38 bits per heavy atom. The third-order valence-electron chi connectivity index (χ3n) is 4.63. The topological polar surface area (TPSA) is 24.5 Å². The normalized spacial score (nSPS) is 16.2. The van der Waals surface area contributed by atoms with Crippen LogP contribution in [0.15, 0.2) is 54.6 Å². The predicted molar refractivity (Wildman–Crippen MR) is 99.3 cm³/mol. The summed E-state index contributed by atoms with van der Waals surface area (Å²) < 4.78 is 5.52. The van der Waals surface area contributed by atoms with E-state index in [0.717, 1.165) is 18.8 Å². The third kappa shape index (κ3) is 4.83. The van der Waals surface area contributed by atoms with Crippen LogP contribution in [0.5, 0.6) is 5.75 Å². The molecule has 0 aromatic heterocycles. The van der Waals surface area contributed by atoms with Crippen LogP contribution in [0.1, 0.15) is 36.9 Å². The smallest absolute Gasteiger partial charge is 0.119 e. The number of hydrogen-bond acceptors (Lipinski definition) is 3. The first-order valence-electron chi connectivity index (χ1n) is 9.07. The van der Waals surface area contributed by atoms with E-state index in [4.69, 9.17) is 4.74 Å². The zero-order valence-electron chi connectivity index (χ0n) is 14.6. The molecule has 1 unspecified atom stereocenters. The van der Waals surface area contributed by atoms with Crippen LogP contribution >= 0.6 is 0 Å².